The van der Waals surface area contributed by atoms with E-state index in [-0.39, 0.29) is 18.9 Å². The minimum atomic E-state index is -0.679. The van der Waals surface area contributed by atoms with Crippen molar-refractivity contribution in [2.24, 2.45) is 5.92 Å². The van der Waals surface area contributed by atoms with Gasteiger partial charge >= 0.3 is 5.97 Å². The number of para-hydroxylation sites is 1. The second-order valence-electron chi connectivity index (χ2n) is 6.22. The SMILES string of the molecule is O=C(COC(=O)[C@H]1CC(=O)N(c2ccccc2)C1)NNC(=O)c1ccccc1. The first-order valence-electron chi connectivity index (χ1n) is 8.71. The van der Waals surface area contributed by atoms with E-state index in [1.54, 1.807) is 42.5 Å². The van der Waals surface area contributed by atoms with Crippen LogP contribution >= 0.6 is 0 Å². The van der Waals surface area contributed by atoms with Gasteiger partial charge in [0.2, 0.25) is 5.91 Å². The number of hydrogen-bond donors (Lipinski definition) is 2. The maximum atomic E-state index is 12.2. The molecule has 28 heavy (non-hydrogen) atoms. The Morgan fingerprint density at radius 1 is 0.964 bits per heavy atom. The molecule has 0 radical (unpaired) electrons. The largest absolute Gasteiger partial charge is 0.455 e. The number of carbonyl (C=O) groups is 4. The van der Waals surface area contributed by atoms with Gasteiger partial charge in [-0.3, -0.25) is 30.0 Å². The standard InChI is InChI=1S/C20H19N3O5/c24-17(21-22-19(26)14-7-3-1-4-8-14)13-28-20(27)15-11-18(25)23(12-15)16-9-5-2-6-10-16/h1-10,15H,11-13H2,(H,21,24)(H,22,26)/t15-/m0/s1. The zero-order valence-electron chi connectivity index (χ0n) is 15.0. The molecule has 8 nitrogen and oxygen atoms in total. The van der Waals surface area contributed by atoms with E-state index in [9.17, 15) is 19.2 Å². The summed E-state index contributed by atoms with van der Waals surface area (Å²) < 4.78 is 4.98. The number of rotatable bonds is 5. The van der Waals surface area contributed by atoms with Gasteiger partial charge in [-0.05, 0) is 24.3 Å². The fraction of sp³-hybridized carbons (Fsp3) is 0.200. The highest BCUT2D eigenvalue weighted by Crippen LogP contribution is 2.25. The van der Waals surface area contributed by atoms with Crippen molar-refractivity contribution in [1.29, 1.82) is 0 Å². The molecule has 0 saturated carbocycles. The molecule has 1 atom stereocenters. The Morgan fingerprint density at radius 2 is 1.61 bits per heavy atom. The number of nitrogens with one attached hydrogen (secondary N) is 2. The van der Waals surface area contributed by atoms with E-state index in [2.05, 4.69) is 10.9 Å². The number of nitrogens with zero attached hydrogens (tertiary/aromatic N) is 1. The quantitative estimate of drug-likeness (QED) is 0.595. The van der Waals surface area contributed by atoms with Crippen LogP contribution in [0.1, 0.15) is 16.8 Å². The van der Waals surface area contributed by atoms with Crippen LogP contribution in [0.15, 0.2) is 60.7 Å². The normalized spacial score (nSPS) is 15.8. The minimum absolute atomic E-state index is 0.0279. The molecule has 1 heterocycles. The number of hydrazine groups is 1. The summed E-state index contributed by atoms with van der Waals surface area (Å²) in [5, 5.41) is 0. The Labute approximate surface area is 161 Å². The van der Waals surface area contributed by atoms with Crippen molar-refractivity contribution in [3.8, 4) is 0 Å². The van der Waals surface area contributed by atoms with Gasteiger partial charge in [0.1, 0.15) is 0 Å². The number of carbonyl (C=O) groups excluding carboxylic acids is 4. The molecule has 0 aromatic heterocycles. The average molecular weight is 381 g/mol. The highest BCUT2D eigenvalue weighted by molar-refractivity contribution is 5.99. The summed E-state index contributed by atoms with van der Waals surface area (Å²) in [4.78, 5) is 49.4. The van der Waals surface area contributed by atoms with Gasteiger partial charge in [-0.2, -0.15) is 0 Å². The van der Waals surface area contributed by atoms with E-state index < -0.39 is 30.3 Å². The zero-order chi connectivity index (χ0) is 19.9. The number of anilines is 1. The van der Waals surface area contributed by atoms with E-state index >= 15 is 0 Å². The van der Waals surface area contributed by atoms with Crippen LogP contribution < -0.4 is 15.8 Å². The lowest BCUT2D eigenvalue weighted by Gasteiger charge is -2.16. The Bertz CT molecular complexity index is 870. The van der Waals surface area contributed by atoms with Gasteiger partial charge in [0, 0.05) is 24.2 Å². The molecule has 2 aromatic carbocycles. The second kappa shape index (κ2) is 8.81. The topological polar surface area (TPSA) is 105 Å². The Balaban J connectivity index is 1.43. The van der Waals surface area contributed by atoms with E-state index in [0.717, 1.165) is 0 Å². The fourth-order valence-corrected chi connectivity index (χ4v) is 2.80. The molecule has 3 amide bonds. The monoisotopic (exact) mass is 381 g/mol. The third kappa shape index (κ3) is 4.73. The summed E-state index contributed by atoms with van der Waals surface area (Å²) in [5.74, 6) is -2.61. The molecule has 1 aliphatic rings. The third-order valence-corrected chi connectivity index (χ3v) is 4.22. The maximum absolute atomic E-state index is 12.2. The minimum Gasteiger partial charge on any atom is -0.455 e. The smallest absolute Gasteiger partial charge is 0.311 e. The predicted octanol–water partition coefficient (Wildman–Crippen LogP) is 1.04. The van der Waals surface area contributed by atoms with Gasteiger partial charge in [0.25, 0.3) is 11.8 Å². The third-order valence-electron chi connectivity index (χ3n) is 4.22. The highest BCUT2D eigenvalue weighted by atomic mass is 16.5. The first-order chi connectivity index (χ1) is 13.5. The van der Waals surface area contributed by atoms with Crippen molar-refractivity contribution in [1.82, 2.24) is 10.9 Å². The number of ether oxygens (including phenoxy) is 1. The van der Waals surface area contributed by atoms with Crippen molar-refractivity contribution in [3.05, 3.63) is 66.2 Å². The second-order valence-corrected chi connectivity index (χ2v) is 6.22. The van der Waals surface area contributed by atoms with Gasteiger partial charge in [0.15, 0.2) is 6.61 Å². The molecule has 1 fully saturated rings. The summed E-state index contributed by atoms with van der Waals surface area (Å²) in [6.45, 7) is -0.349. The van der Waals surface area contributed by atoms with Crippen LogP contribution in [0.25, 0.3) is 0 Å². The summed E-state index contributed by atoms with van der Waals surface area (Å²) >= 11 is 0. The Hall–Kier alpha value is -3.68. The molecule has 2 aromatic rings. The summed E-state index contributed by atoms with van der Waals surface area (Å²) in [6.07, 6.45) is 0.0279. The molecule has 1 aliphatic heterocycles. The molecule has 0 spiro atoms. The van der Waals surface area contributed by atoms with Gasteiger partial charge < -0.3 is 9.64 Å². The van der Waals surface area contributed by atoms with Gasteiger partial charge in [-0.1, -0.05) is 36.4 Å². The number of benzene rings is 2. The molecule has 8 heteroatoms. The van der Waals surface area contributed by atoms with E-state index in [1.165, 1.54) is 4.90 Å². The first-order valence-corrected chi connectivity index (χ1v) is 8.71. The lowest BCUT2D eigenvalue weighted by molar-refractivity contribution is -0.152. The van der Waals surface area contributed by atoms with Crippen LogP contribution in [-0.2, 0) is 19.1 Å². The predicted molar refractivity (Wildman–Crippen MR) is 99.9 cm³/mol. The number of amides is 3. The van der Waals surface area contributed by atoms with Crippen LogP contribution in [0.2, 0.25) is 0 Å². The van der Waals surface area contributed by atoms with Crippen LogP contribution in [0, 0.1) is 5.92 Å². The van der Waals surface area contributed by atoms with Crippen molar-refractivity contribution in [3.63, 3.8) is 0 Å². The zero-order valence-corrected chi connectivity index (χ0v) is 15.0. The number of esters is 1. The molecular formula is C20H19N3O5. The summed E-state index contributed by atoms with van der Waals surface area (Å²) in [6, 6.07) is 17.4. The van der Waals surface area contributed by atoms with Crippen LogP contribution in [0.5, 0.6) is 0 Å². The van der Waals surface area contributed by atoms with Crippen LogP contribution in [0.4, 0.5) is 5.69 Å². The first kappa shape index (κ1) is 19.1. The summed E-state index contributed by atoms with van der Waals surface area (Å²) in [7, 11) is 0. The Morgan fingerprint density at radius 3 is 2.29 bits per heavy atom. The number of hydrogen-bond acceptors (Lipinski definition) is 5. The van der Waals surface area contributed by atoms with Crippen molar-refractivity contribution in [2.75, 3.05) is 18.1 Å². The van der Waals surface area contributed by atoms with Gasteiger partial charge in [-0.15, -0.1) is 0 Å². The molecule has 1 saturated heterocycles. The highest BCUT2D eigenvalue weighted by Gasteiger charge is 2.36. The summed E-state index contributed by atoms with van der Waals surface area (Å²) in [5.41, 5.74) is 5.50. The average Bonchev–Trinajstić information content (AvgIpc) is 3.13. The molecule has 3 rings (SSSR count). The molecule has 0 bridgehead atoms. The van der Waals surface area contributed by atoms with Crippen molar-refractivity contribution >= 4 is 29.4 Å². The van der Waals surface area contributed by atoms with Crippen LogP contribution in [-0.4, -0.2) is 36.8 Å². The lowest BCUT2D eigenvalue weighted by Crippen LogP contribution is -2.43. The maximum Gasteiger partial charge on any atom is 0.311 e. The van der Waals surface area contributed by atoms with E-state index in [4.69, 9.17) is 4.74 Å². The molecule has 144 valence electrons. The molecule has 0 aliphatic carbocycles. The van der Waals surface area contributed by atoms with Crippen molar-refractivity contribution in [2.45, 2.75) is 6.42 Å². The molecular weight excluding hydrogens is 362 g/mol. The van der Waals surface area contributed by atoms with E-state index in [1.807, 2.05) is 18.2 Å². The van der Waals surface area contributed by atoms with E-state index in [0.29, 0.717) is 11.3 Å². The molecule has 0 unspecified atom stereocenters. The van der Waals surface area contributed by atoms with Crippen molar-refractivity contribution < 1.29 is 23.9 Å². The Kier molecular flexibility index (Phi) is 6.01. The van der Waals surface area contributed by atoms with Gasteiger partial charge in [0.05, 0.1) is 5.92 Å². The fourth-order valence-electron chi connectivity index (χ4n) is 2.80. The van der Waals surface area contributed by atoms with Gasteiger partial charge in [-0.25, -0.2) is 0 Å². The molecule has 2 N–H and O–H groups in total. The lowest BCUT2D eigenvalue weighted by atomic mass is 10.1. The van der Waals surface area contributed by atoms with Crippen LogP contribution in [0.3, 0.4) is 0 Å².